The fourth-order valence-corrected chi connectivity index (χ4v) is 1.68. The third-order valence-corrected chi connectivity index (χ3v) is 3.07. The number of nitriles is 1. The Kier molecular flexibility index (Phi) is 3.30. The van der Waals surface area contributed by atoms with Gasteiger partial charge in [-0.25, -0.2) is 0 Å². The molecule has 0 aromatic carbocycles. The van der Waals surface area contributed by atoms with Crippen LogP contribution in [0.5, 0.6) is 0 Å². The van der Waals surface area contributed by atoms with Gasteiger partial charge < -0.3 is 15.0 Å². The van der Waals surface area contributed by atoms with Crippen molar-refractivity contribution in [1.29, 1.82) is 5.26 Å². The van der Waals surface area contributed by atoms with E-state index in [4.69, 9.17) is 15.7 Å². The third-order valence-electron chi connectivity index (χ3n) is 3.07. The van der Waals surface area contributed by atoms with E-state index in [2.05, 4.69) is 6.07 Å². The van der Waals surface area contributed by atoms with Crippen LogP contribution in [0.25, 0.3) is 0 Å². The second-order valence-corrected chi connectivity index (χ2v) is 4.63. The lowest BCUT2D eigenvalue weighted by atomic mass is 10.1. The lowest BCUT2D eigenvalue weighted by Gasteiger charge is -2.25. The van der Waals surface area contributed by atoms with Gasteiger partial charge in [0.2, 0.25) is 0 Å². The van der Waals surface area contributed by atoms with Gasteiger partial charge >= 0.3 is 0 Å². The minimum Gasteiger partial charge on any atom is -0.384 e. The number of hydrogen-bond acceptors (Lipinski definition) is 3. The first-order chi connectivity index (χ1) is 7.34. The highest BCUT2D eigenvalue weighted by Gasteiger charge is 2.22. The Bertz CT molecular complexity index is 438. The van der Waals surface area contributed by atoms with Gasteiger partial charge in [-0.15, -0.1) is 0 Å². The highest BCUT2D eigenvalue weighted by molar-refractivity contribution is 5.57. The summed E-state index contributed by atoms with van der Waals surface area (Å²) in [7, 11) is 1.67. The molecule has 4 nitrogen and oxygen atoms in total. The van der Waals surface area contributed by atoms with Crippen LogP contribution in [0.1, 0.15) is 30.7 Å². The predicted octanol–water partition coefficient (Wildman–Crippen LogP) is 1.98. The molecule has 4 heteroatoms. The molecule has 0 spiro atoms. The Balaban J connectivity index is 3.22. The number of anilines is 1. The SMILES string of the molecule is COC(C)(C)Cn1c(C)c(C)c(C#N)c1N. The summed E-state index contributed by atoms with van der Waals surface area (Å²) in [5, 5.41) is 9.02. The standard InChI is InChI=1S/C12H19N3O/c1-8-9(2)15(7-12(3,4)16-5)11(14)10(8)6-13/h7,14H2,1-5H3. The van der Waals surface area contributed by atoms with Gasteiger partial charge in [0.25, 0.3) is 0 Å². The van der Waals surface area contributed by atoms with Gasteiger partial charge in [0.1, 0.15) is 11.9 Å². The zero-order valence-electron chi connectivity index (χ0n) is 10.6. The van der Waals surface area contributed by atoms with Crippen LogP contribution in [0.4, 0.5) is 5.82 Å². The molecule has 0 saturated carbocycles. The molecule has 0 bridgehead atoms. The van der Waals surface area contributed by atoms with E-state index in [9.17, 15) is 0 Å². The van der Waals surface area contributed by atoms with Crippen molar-refractivity contribution in [2.24, 2.45) is 0 Å². The third kappa shape index (κ3) is 2.05. The summed E-state index contributed by atoms with van der Waals surface area (Å²) in [4.78, 5) is 0. The Morgan fingerprint density at radius 2 is 2.00 bits per heavy atom. The van der Waals surface area contributed by atoms with Crippen LogP contribution in [0.3, 0.4) is 0 Å². The number of nitrogen functional groups attached to an aromatic ring is 1. The first kappa shape index (κ1) is 12.6. The molecule has 0 amide bonds. The molecule has 1 aromatic rings. The average Bonchev–Trinajstić information content (AvgIpc) is 2.43. The Labute approximate surface area is 96.6 Å². The molecule has 0 radical (unpaired) electrons. The smallest absolute Gasteiger partial charge is 0.122 e. The molecule has 88 valence electrons. The van der Waals surface area contributed by atoms with Crippen molar-refractivity contribution in [3.8, 4) is 6.07 Å². The van der Waals surface area contributed by atoms with E-state index in [1.807, 2.05) is 32.3 Å². The number of nitrogens with two attached hydrogens (primary N) is 1. The van der Waals surface area contributed by atoms with Crippen molar-refractivity contribution in [2.75, 3.05) is 12.8 Å². The van der Waals surface area contributed by atoms with Crippen LogP contribution in [0.2, 0.25) is 0 Å². The Hall–Kier alpha value is -1.47. The van der Waals surface area contributed by atoms with E-state index < -0.39 is 0 Å². The molecule has 16 heavy (non-hydrogen) atoms. The number of methoxy groups -OCH3 is 1. The number of hydrogen-bond donors (Lipinski definition) is 1. The number of rotatable bonds is 3. The Morgan fingerprint density at radius 1 is 1.44 bits per heavy atom. The quantitative estimate of drug-likeness (QED) is 0.848. The van der Waals surface area contributed by atoms with Crippen LogP contribution in [0, 0.1) is 25.2 Å². The summed E-state index contributed by atoms with van der Waals surface area (Å²) >= 11 is 0. The maximum Gasteiger partial charge on any atom is 0.122 e. The monoisotopic (exact) mass is 221 g/mol. The van der Waals surface area contributed by atoms with Crippen molar-refractivity contribution in [3.63, 3.8) is 0 Å². The van der Waals surface area contributed by atoms with E-state index in [0.717, 1.165) is 11.3 Å². The van der Waals surface area contributed by atoms with Crippen LogP contribution in [0.15, 0.2) is 0 Å². The highest BCUT2D eigenvalue weighted by atomic mass is 16.5. The summed E-state index contributed by atoms with van der Waals surface area (Å²) in [6.07, 6.45) is 0. The molecular weight excluding hydrogens is 202 g/mol. The van der Waals surface area contributed by atoms with E-state index in [-0.39, 0.29) is 5.60 Å². The fourth-order valence-electron chi connectivity index (χ4n) is 1.68. The predicted molar refractivity (Wildman–Crippen MR) is 64.1 cm³/mol. The average molecular weight is 221 g/mol. The summed E-state index contributed by atoms with van der Waals surface area (Å²) in [6.45, 7) is 8.52. The molecule has 0 aliphatic heterocycles. The van der Waals surface area contributed by atoms with Crippen LogP contribution < -0.4 is 5.73 Å². The number of aromatic nitrogens is 1. The van der Waals surface area contributed by atoms with Crippen molar-refractivity contribution < 1.29 is 4.74 Å². The topological polar surface area (TPSA) is 64.0 Å². The molecule has 0 atom stereocenters. The van der Waals surface area contributed by atoms with Crippen molar-refractivity contribution in [2.45, 2.75) is 39.8 Å². The largest absolute Gasteiger partial charge is 0.384 e. The van der Waals surface area contributed by atoms with E-state index in [1.165, 1.54) is 0 Å². The van der Waals surface area contributed by atoms with Gasteiger partial charge in [0, 0.05) is 12.8 Å². The zero-order chi connectivity index (χ0) is 12.5. The molecule has 2 N–H and O–H groups in total. The first-order valence-electron chi connectivity index (χ1n) is 5.24. The van der Waals surface area contributed by atoms with E-state index in [0.29, 0.717) is 17.9 Å². The molecule has 1 rings (SSSR count). The molecule has 0 aliphatic rings. The van der Waals surface area contributed by atoms with Crippen molar-refractivity contribution in [1.82, 2.24) is 4.57 Å². The number of ether oxygens (including phenoxy) is 1. The second kappa shape index (κ2) is 4.18. The fraction of sp³-hybridized carbons (Fsp3) is 0.583. The van der Waals surface area contributed by atoms with Gasteiger partial charge in [-0.3, -0.25) is 0 Å². The van der Waals surface area contributed by atoms with Gasteiger partial charge in [0.05, 0.1) is 17.7 Å². The van der Waals surface area contributed by atoms with Crippen LogP contribution in [-0.4, -0.2) is 17.3 Å². The maximum absolute atomic E-state index is 9.02. The molecule has 1 aromatic heterocycles. The van der Waals surface area contributed by atoms with Gasteiger partial charge in [-0.05, 0) is 33.3 Å². The normalized spacial score (nSPS) is 11.5. The lowest BCUT2D eigenvalue weighted by Crippen LogP contribution is -2.30. The van der Waals surface area contributed by atoms with Gasteiger partial charge in [0.15, 0.2) is 0 Å². The first-order valence-corrected chi connectivity index (χ1v) is 5.24. The van der Waals surface area contributed by atoms with Gasteiger partial charge in [-0.2, -0.15) is 5.26 Å². The molecule has 1 heterocycles. The number of nitrogens with zero attached hydrogens (tertiary/aromatic N) is 2. The summed E-state index contributed by atoms with van der Waals surface area (Å²) in [5.41, 5.74) is 8.22. The lowest BCUT2D eigenvalue weighted by molar-refractivity contribution is 0.00828. The van der Waals surface area contributed by atoms with Crippen molar-refractivity contribution >= 4 is 5.82 Å². The maximum atomic E-state index is 9.02. The molecule has 0 aliphatic carbocycles. The molecule has 0 unspecified atom stereocenters. The van der Waals surface area contributed by atoms with E-state index >= 15 is 0 Å². The molecular formula is C12H19N3O. The second-order valence-electron chi connectivity index (χ2n) is 4.63. The van der Waals surface area contributed by atoms with Crippen LogP contribution in [-0.2, 0) is 11.3 Å². The minimum absolute atomic E-state index is 0.295. The highest BCUT2D eigenvalue weighted by Crippen LogP contribution is 2.26. The minimum atomic E-state index is -0.295. The van der Waals surface area contributed by atoms with Crippen molar-refractivity contribution in [3.05, 3.63) is 16.8 Å². The Morgan fingerprint density at radius 3 is 2.38 bits per heavy atom. The van der Waals surface area contributed by atoms with Crippen LogP contribution >= 0.6 is 0 Å². The summed E-state index contributed by atoms with van der Waals surface area (Å²) in [6, 6.07) is 2.14. The van der Waals surface area contributed by atoms with Gasteiger partial charge in [-0.1, -0.05) is 0 Å². The summed E-state index contributed by atoms with van der Waals surface area (Å²) in [5.74, 6) is 0.530. The zero-order valence-corrected chi connectivity index (χ0v) is 10.6. The summed E-state index contributed by atoms with van der Waals surface area (Å²) < 4.78 is 7.32. The molecule has 0 fully saturated rings. The van der Waals surface area contributed by atoms with E-state index in [1.54, 1.807) is 7.11 Å². The molecule has 0 saturated heterocycles.